The van der Waals surface area contributed by atoms with E-state index in [0.29, 0.717) is 32.0 Å². The molecule has 0 saturated heterocycles. The lowest BCUT2D eigenvalue weighted by atomic mass is 10.1. The van der Waals surface area contributed by atoms with Crippen molar-refractivity contribution in [2.75, 3.05) is 13.7 Å². The van der Waals surface area contributed by atoms with Gasteiger partial charge in [0, 0.05) is 16.7 Å². The van der Waals surface area contributed by atoms with Gasteiger partial charge in [-0.05, 0) is 49.4 Å². The maximum absolute atomic E-state index is 12.4. The molecule has 1 aliphatic heterocycles. The lowest BCUT2D eigenvalue weighted by Gasteiger charge is -2.06. The first kappa shape index (κ1) is 20.8. The van der Waals surface area contributed by atoms with Gasteiger partial charge in [-0.3, -0.25) is 0 Å². The minimum Gasteiger partial charge on any atom is -0.508 e. The zero-order valence-corrected chi connectivity index (χ0v) is 17.3. The summed E-state index contributed by atoms with van der Waals surface area (Å²) in [6.45, 7) is 1.85. The highest BCUT2D eigenvalue weighted by Gasteiger charge is 2.33. The molecule has 0 spiro atoms. The molecule has 0 aromatic heterocycles. The Morgan fingerprint density at radius 3 is 2.59 bits per heavy atom. The van der Waals surface area contributed by atoms with E-state index in [9.17, 15) is 15.0 Å². The molecule has 0 fully saturated rings. The van der Waals surface area contributed by atoms with Crippen LogP contribution in [0.15, 0.2) is 63.7 Å². The maximum atomic E-state index is 12.4. The number of hydrogen-bond donors (Lipinski definition) is 2. The number of thioether (sulfide) groups is 1. The van der Waals surface area contributed by atoms with E-state index in [1.807, 2.05) is 0 Å². The minimum atomic E-state index is -0.661. The second kappa shape index (κ2) is 9.07. The van der Waals surface area contributed by atoms with E-state index < -0.39 is 5.97 Å². The monoisotopic (exact) mass is 431 g/mol. The first-order valence-electron chi connectivity index (χ1n) is 8.64. The summed E-state index contributed by atoms with van der Waals surface area (Å²) < 4.78 is 10.4. The Bertz CT molecular complexity index is 1030. The van der Waals surface area contributed by atoms with Crippen LogP contribution in [0.5, 0.6) is 11.5 Å². The largest absolute Gasteiger partial charge is 0.508 e. The third-order valence-corrected chi connectivity index (χ3v) is 5.20. The molecule has 1 aliphatic rings. The van der Waals surface area contributed by atoms with E-state index >= 15 is 0 Å². The predicted molar refractivity (Wildman–Crippen MR) is 115 cm³/mol. The molecule has 150 valence electrons. The van der Waals surface area contributed by atoms with Crippen LogP contribution in [0.3, 0.4) is 0 Å². The standard InChI is InChI=1S/C21H18ClNO5S/c1-3-28-21(26)18-19(25)17(10-12-4-9-15(24)11-16(12)27-2)29-20(18)23-14-7-5-13(22)6-8-14/h4-11,24-25H,3H2,1-2H3/b17-10+,23-20?. The molecule has 6 nitrogen and oxygen atoms in total. The van der Waals surface area contributed by atoms with E-state index in [2.05, 4.69) is 4.99 Å². The molecule has 0 bridgehead atoms. The number of phenols is 1. The Morgan fingerprint density at radius 1 is 1.21 bits per heavy atom. The van der Waals surface area contributed by atoms with E-state index in [0.717, 1.165) is 11.8 Å². The van der Waals surface area contributed by atoms with Crippen molar-refractivity contribution in [1.29, 1.82) is 0 Å². The topological polar surface area (TPSA) is 88.4 Å². The second-order valence-electron chi connectivity index (χ2n) is 5.87. The number of ether oxygens (including phenoxy) is 2. The number of aliphatic imine (C=N–C) groups is 1. The number of benzene rings is 2. The molecule has 2 aromatic rings. The number of aliphatic hydroxyl groups excluding tert-OH is 1. The Balaban J connectivity index is 2.06. The fourth-order valence-corrected chi connectivity index (χ4v) is 3.74. The van der Waals surface area contributed by atoms with Gasteiger partial charge in [-0.15, -0.1) is 0 Å². The zero-order chi connectivity index (χ0) is 21.0. The van der Waals surface area contributed by atoms with Crippen LogP contribution in [0.4, 0.5) is 5.69 Å². The highest BCUT2D eigenvalue weighted by Crippen LogP contribution is 2.41. The number of rotatable bonds is 5. The normalized spacial score (nSPS) is 16.5. The number of methoxy groups -OCH3 is 1. The number of phenolic OH excluding ortho intramolecular Hbond substituents is 1. The lowest BCUT2D eigenvalue weighted by Crippen LogP contribution is -2.12. The van der Waals surface area contributed by atoms with Crippen LogP contribution >= 0.6 is 23.4 Å². The number of aromatic hydroxyl groups is 1. The van der Waals surface area contributed by atoms with Crippen LogP contribution in [0, 0.1) is 0 Å². The van der Waals surface area contributed by atoms with E-state index in [1.54, 1.807) is 43.3 Å². The first-order valence-corrected chi connectivity index (χ1v) is 9.84. The van der Waals surface area contributed by atoms with Gasteiger partial charge in [0.2, 0.25) is 0 Å². The van der Waals surface area contributed by atoms with Gasteiger partial charge < -0.3 is 19.7 Å². The number of carbonyl (C=O) groups is 1. The van der Waals surface area contributed by atoms with Crippen LogP contribution < -0.4 is 4.74 Å². The molecule has 3 rings (SSSR count). The molecule has 1 heterocycles. The van der Waals surface area contributed by atoms with Crippen LogP contribution in [0.25, 0.3) is 6.08 Å². The van der Waals surface area contributed by atoms with E-state index in [-0.39, 0.29) is 23.7 Å². The molecule has 0 atom stereocenters. The van der Waals surface area contributed by atoms with Crippen molar-refractivity contribution in [1.82, 2.24) is 0 Å². The fraction of sp³-hybridized carbons (Fsp3) is 0.143. The Hall–Kier alpha value is -2.90. The highest BCUT2D eigenvalue weighted by molar-refractivity contribution is 8.18. The maximum Gasteiger partial charge on any atom is 0.344 e. The van der Waals surface area contributed by atoms with E-state index in [1.165, 1.54) is 19.2 Å². The fourth-order valence-electron chi connectivity index (χ4n) is 2.58. The van der Waals surface area contributed by atoms with Crippen molar-refractivity contribution in [3.63, 3.8) is 0 Å². The summed E-state index contributed by atoms with van der Waals surface area (Å²) in [6, 6.07) is 11.4. The first-order chi connectivity index (χ1) is 13.9. The van der Waals surface area contributed by atoms with Gasteiger partial charge in [0.05, 0.1) is 24.3 Å². The van der Waals surface area contributed by atoms with Crippen molar-refractivity contribution < 1.29 is 24.5 Å². The number of halogens is 1. The molecule has 0 unspecified atom stereocenters. The molecule has 2 aromatic carbocycles. The summed E-state index contributed by atoms with van der Waals surface area (Å²) >= 11 is 7.04. The van der Waals surface area contributed by atoms with Crippen molar-refractivity contribution in [3.05, 3.63) is 69.3 Å². The number of nitrogens with zero attached hydrogens (tertiary/aromatic N) is 1. The zero-order valence-electron chi connectivity index (χ0n) is 15.7. The molecular weight excluding hydrogens is 414 g/mol. The summed E-state index contributed by atoms with van der Waals surface area (Å²) in [5.41, 5.74) is 1.20. The molecule has 0 aliphatic carbocycles. The van der Waals surface area contributed by atoms with Crippen molar-refractivity contribution in [2.45, 2.75) is 6.92 Å². The van der Waals surface area contributed by atoms with Crippen LogP contribution in [0.1, 0.15) is 12.5 Å². The van der Waals surface area contributed by atoms with Gasteiger partial charge in [-0.1, -0.05) is 23.4 Å². The smallest absolute Gasteiger partial charge is 0.344 e. The molecule has 2 N–H and O–H groups in total. The van der Waals surface area contributed by atoms with Crippen LogP contribution in [-0.2, 0) is 9.53 Å². The van der Waals surface area contributed by atoms with Crippen LogP contribution in [-0.4, -0.2) is 34.9 Å². The Labute approximate surface area is 177 Å². The summed E-state index contributed by atoms with van der Waals surface area (Å²) in [4.78, 5) is 17.3. The number of carbonyl (C=O) groups excluding carboxylic acids is 1. The van der Waals surface area contributed by atoms with Gasteiger partial charge in [0.25, 0.3) is 0 Å². The third-order valence-electron chi connectivity index (χ3n) is 3.93. The quantitative estimate of drug-likeness (QED) is 0.629. The summed E-state index contributed by atoms with van der Waals surface area (Å²) in [5.74, 6) is -0.408. The number of esters is 1. The van der Waals surface area contributed by atoms with Gasteiger partial charge in [0.15, 0.2) is 0 Å². The lowest BCUT2D eigenvalue weighted by molar-refractivity contribution is -0.138. The summed E-state index contributed by atoms with van der Waals surface area (Å²) in [7, 11) is 1.48. The SMILES string of the molecule is CCOC(=O)C1=C(O)/C(=C\c2ccc(O)cc2OC)SC1=Nc1ccc(Cl)cc1. The Morgan fingerprint density at radius 2 is 1.93 bits per heavy atom. The average Bonchev–Trinajstić information content (AvgIpc) is 3.00. The summed E-state index contributed by atoms with van der Waals surface area (Å²) in [5, 5.41) is 21.2. The highest BCUT2D eigenvalue weighted by atomic mass is 35.5. The average molecular weight is 432 g/mol. The van der Waals surface area contributed by atoms with Crippen LogP contribution in [0.2, 0.25) is 5.02 Å². The molecule has 0 radical (unpaired) electrons. The molecule has 8 heteroatoms. The Kier molecular flexibility index (Phi) is 6.51. The van der Waals surface area contributed by atoms with E-state index in [4.69, 9.17) is 21.1 Å². The molecular formula is C21H18ClNO5S. The van der Waals surface area contributed by atoms with Crippen molar-refractivity contribution in [2.24, 2.45) is 4.99 Å². The second-order valence-corrected chi connectivity index (χ2v) is 7.34. The molecule has 0 amide bonds. The molecule has 29 heavy (non-hydrogen) atoms. The van der Waals surface area contributed by atoms with Gasteiger partial charge >= 0.3 is 5.97 Å². The third kappa shape index (κ3) is 4.75. The van der Waals surface area contributed by atoms with Crippen molar-refractivity contribution in [3.8, 4) is 11.5 Å². The van der Waals surface area contributed by atoms with Gasteiger partial charge in [-0.2, -0.15) is 0 Å². The predicted octanol–water partition coefficient (Wildman–Crippen LogP) is 5.25. The van der Waals surface area contributed by atoms with Gasteiger partial charge in [0.1, 0.15) is 27.9 Å². The number of aliphatic hydroxyl groups is 1. The van der Waals surface area contributed by atoms with Gasteiger partial charge in [-0.25, -0.2) is 9.79 Å². The summed E-state index contributed by atoms with van der Waals surface area (Å²) in [6.07, 6.45) is 1.65. The molecule has 0 saturated carbocycles. The minimum absolute atomic E-state index is 0.00389. The van der Waals surface area contributed by atoms with Crippen molar-refractivity contribution >= 4 is 46.1 Å². The number of hydrogen-bond acceptors (Lipinski definition) is 7.